The van der Waals surface area contributed by atoms with Crippen molar-refractivity contribution in [2.24, 2.45) is 0 Å². The van der Waals surface area contributed by atoms with Crippen LogP contribution in [0, 0.1) is 0 Å². The molecule has 0 aliphatic carbocycles. The molecule has 6 nitrogen and oxygen atoms in total. The zero-order chi connectivity index (χ0) is 15.8. The van der Waals surface area contributed by atoms with Crippen molar-refractivity contribution >= 4 is 11.6 Å². The highest BCUT2D eigenvalue weighted by Gasteiger charge is 2.35. The van der Waals surface area contributed by atoms with Crippen molar-refractivity contribution in [3.63, 3.8) is 0 Å². The zero-order valence-corrected chi connectivity index (χ0v) is 13.6. The number of epoxide rings is 1. The number of carbonyl (C=O) groups is 2. The first-order valence-corrected chi connectivity index (χ1v) is 7.50. The summed E-state index contributed by atoms with van der Waals surface area (Å²) in [6, 6.07) is 0. The predicted molar refractivity (Wildman–Crippen MR) is 80.5 cm³/mol. The average Bonchev–Trinajstić information content (AvgIpc) is 3.06. The topological polar surface area (TPSA) is 62.4 Å². The maximum atomic E-state index is 11.3. The van der Waals surface area contributed by atoms with E-state index in [0.29, 0.717) is 38.4 Å². The molecule has 1 aliphatic heterocycles. The second-order valence-corrected chi connectivity index (χ2v) is 5.79. The highest BCUT2D eigenvalue weighted by atomic mass is 16.6. The molecule has 2 unspecified atom stereocenters. The van der Waals surface area contributed by atoms with E-state index >= 15 is 0 Å². The summed E-state index contributed by atoms with van der Waals surface area (Å²) in [6.07, 6.45) is 0.636. The van der Waals surface area contributed by atoms with Gasteiger partial charge in [-0.25, -0.2) is 0 Å². The maximum absolute atomic E-state index is 11.3. The molecule has 2 atom stereocenters. The van der Waals surface area contributed by atoms with Crippen molar-refractivity contribution in [2.45, 2.75) is 33.0 Å². The minimum absolute atomic E-state index is 0.0823. The van der Waals surface area contributed by atoms with E-state index in [2.05, 4.69) is 11.8 Å². The van der Waals surface area contributed by atoms with Crippen LogP contribution >= 0.6 is 0 Å². The molecule has 21 heavy (non-hydrogen) atoms. The Hall–Kier alpha value is -0.820. The Morgan fingerprint density at radius 3 is 2.00 bits per heavy atom. The largest absolute Gasteiger partial charge is 0.383 e. The Labute approximate surface area is 127 Å². The lowest BCUT2D eigenvalue weighted by atomic mass is 10.3. The van der Waals surface area contributed by atoms with E-state index in [0.717, 1.165) is 19.6 Å². The molecule has 0 bridgehead atoms. The Morgan fingerprint density at radius 2 is 1.57 bits per heavy atom. The van der Waals surface area contributed by atoms with E-state index in [1.54, 1.807) is 21.0 Å². The smallest absolute Gasteiger partial charge is 0.143 e. The third kappa shape index (κ3) is 8.26. The lowest BCUT2D eigenvalue weighted by molar-refractivity contribution is -0.120. The number of nitrogens with zero attached hydrogens (tertiary/aromatic N) is 2. The molecule has 0 aromatic rings. The number of carbonyl (C=O) groups excluding carboxylic acids is 2. The van der Waals surface area contributed by atoms with Crippen LogP contribution in [-0.4, -0.2) is 86.6 Å². The Kier molecular flexibility index (Phi) is 8.03. The van der Waals surface area contributed by atoms with Crippen LogP contribution in [0.4, 0.5) is 0 Å². The summed E-state index contributed by atoms with van der Waals surface area (Å²) in [7, 11) is 1.69. The summed E-state index contributed by atoms with van der Waals surface area (Å²) in [4.78, 5) is 26.7. The van der Waals surface area contributed by atoms with Crippen molar-refractivity contribution in [1.82, 2.24) is 9.80 Å². The lowest BCUT2D eigenvalue weighted by Crippen LogP contribution is -2.41. The van der Waals surface area contributed by atoms with Crippen LogP contribution in [0.2, 0.25) is 0 Å². The third-order valence-electron chi connectivity index (χ3n) is 3.51. The van der Waals surface area contributed by atoms with Gasteiger partial charge in [0.2, 0.25) is 0 Å². The first-order chi connectivity index (χ1) is 9.92. The fourth-order valence-corrected chi connectivity index (χ4v) is 2.32. The van der Waals surface area contributed by atoms with Crippen molar-refractivity contribution in [3.8, 4) is 0 Å². The average molecular weight is 300 g/mol. The molecule has 1 fully saturated rings. The second-order valence-electron chi connectivity index (χ2n) is 5.79. The molecule has 1 aliphatic rings. The van der Waals surface area contributed by atoms with E-state index in [1.807, 2.05) is 4.90 Å². The fourth-order valence-electron chi connectivity index (χ4n) is 2.32. The summed E-state index contributed by atoms with van der Waals surface area (Å²) >= 11 is 0. The lowest BCUT2D eigenvalue weighted by Gasteiger charge is -2.26. The first-order valence-electron chi connectivity index (χ1n) is 7.50. The molecule has 122 valence electrons. The van der Waals surface area contributed by atoms with Gasteiger partial charge in [-0.1, -0.05) is 0 Å². The highest BCUT2D eigenvalue weighted by Crippen LogP contribution is 2.21. The van der Waals surface area contributed by atoms with Gasteiger partial charge in [-0.05, 0) is 20.8 Å². The maximum Gasteiger partial charge on any atom is 0.143 e. The van der Waals surface area contributed by atoms with Gasteiger partial charge in [0.05, 0.1) is 31.9 Å². The number of ether oxygens (including phenoxy) is 2. The van der Waals surface area contributed by atoms with E-state index in [-0.39, 0.29) is 11.6 Å². The van der Waals surface area contributed by atoms with E-state index in [9.17, 15) is 9.59 Å². The monoisotopic (exact) mass is 300 g/mol. The first kappa shape index (κ1) is 18.2. The number of Topliss-reactive ketones (excluding diaryl/α,β-unsaturated/α-hetero) is 2. The number of ketones is 2. The summed E-state index contributed by atoms with van der Waals surface area (Å²) < 4.78 is 10.6. The fraction of sp³-hybridized carbons (Fsp3) is 0.867. The molecule has 0 aromatic carbocycles. The molecular formula is C15H28N2O4. The Morgan fingerprint density at radius 1 is 1.05 bits per heavy atom. The van der Waals surface area contributed by atoms with Crippen LogP contribution in [0.25, 0.3) is 0 Å². The van der Waals surface area contributed by atoms with Gasteiger partial charge in [-0.3, -0.25) is 19.4 Å². The summed E-state index contributed by atoms with van der Waals surface area (Å²) in [5.41, 5.74) is 0. The minimum Gasteiger partial charge on any atom is -0.383 e. The number of hydrogen-bond donors (Lipinski definition) is 0. The number of methoxy groups -OCH3 is 1. The van der Waals surface area contributed by atoms with Gasteiger partial charge in [0.1, 0.15) is 11.6 Å². The molecule has 1 saturated heterocycles. The quantitative estimate of drug-likeness (QED) is 0.480. The van der Waals surface area contributed by atoms with Crippen LogP contribution in [0.15, 0.2) is 0 Å². The van der Waals surface area contributed by atoms with Crippen molar-refractivity contribution < 1.29 is 19.1 Å². The summed E-state index contributed by atoms with van der Waals surface area (Å²) in [5, 5.41) is 0. The van der Waals surface area contributed by atoms with Gasteiger partial charge in [0.15, 0.2) is 0 Å². The van der Waals surface area contributed by atoms with Crippen LogP contribution in [-0.2, 0) is 19.1 Å². The van der Waals surface area contributed by atoms with Crippen LogP contribution in [0.5, 0.6) is 0 Å². The SMILES string of the molecule is COCCN(CCN(CC(C)=O)CC(C)=O)CC1OC1C. The zero-order valence-electron chi connectivity index (χ0n) is 13.6. The minimum atomic E-state index is 0.0823. The Bertz CT molecular complexity index is 333. The molecule has 0 N–H and O–H groups in total. The van der Waals surface area contributed by atoms with Gasteiger partial charge in [0.25, 0.3) is 0 Å². The van der Waals surface area contributed by atoms with E-state index in [1.165, 1.54) is 0 Å². The van der Waals surface area contributed by atoms with Crippen LogP contribution in [0.3, 0.4) is 0 Å². The normalized spacial score (nSPS) is 21.0. The molecule has 0 aromatic heterocycles. The van der Waals surface area contributed by atoms with Crippen LogP contribution < -0.4 is 0 Å². The summed E-state index contributed by atoms with van der Waals surface area (Å²) in [6.45, 7) is 9.70. The molecule has 0 amide bonds. The summed E-state index contributed by atoms with van der Waals surface area (Å²) in [5.74, 6) is 0.165. The standard InChI is InChI=1S/C15H28N2O4/c1-12(18)9-17(10-13(2)19)6-5-16(7-8-20-4)11-15-14(3)21-15/h14-15H,5-11H2,1-4H3. The molecule has 0 radical (unpaired) electrons. The van der Waals surface area contributed by atoms with Gasteiger partial charge >= 0.3 is 0 Å². The van der Waals surface area contributed by atoms with Gasteiger partial charge in [-0.15, -0.1) is 0 Å². The van der Waals surface area contributed by atoms with Gasteiger partial charge in [0, 0.05) is 33.3 Å². The Balaban J connectivity index is 2.42. The predicted octanol–water partition coefficient (Wildman–Crippen LogP) is 0.202. The van der Waals surface area contributed by atoms with E-state index < -0.39 is 0 Å². The van der Waals surface area contributed by atoms with Crippen molar-refractivity contribution in [1.29, 1.82) is 0 Å². The third-order valence-corrected chi connectivity index (χ3v) is 3.51. The molecule has 6 heteroatoms. The molecule has 1 heterocycles. The number of rotatable bonds is 12. The van der Waals surface area contributed by atoms with Gasteiger partial charge in [-0.2, -0.15) is 0 Å². The van der Waals surface area contributed by atoms with Crippen LogP contribution in [0.1, 0.15) is 20.8 Å². The highest BCUT2D eigenvalue weighted by molar-refractivity contribution is 5.80. The molecular weight excluding hydrogens is 272 g/mol. The number of hydrogen-bond acceptors (Lipinski definition) is 6. The van der Waals surface area contributed by atoms with Crippen molar-refractivity contribution in [2.75, 3.05) is 53.0 Å². The van der Waals surface area contributed by atoms with Gasteiger partial charge < -0.3 is 9.47 Å². The van der Waals surface area contributed by atoms with E-state index in [4.69, 9.17) is 9.47 Å². The molecule has 0 spiro atoms. The second kappa shape index (κ2) is 9.25. The van der Waals surface area contributed by atoms with Crippen molar-refractivity contribution in [3.05, 3.63) is 0 Å². The molecule has 1 rings (SSSR count). The molecule has 0 saturated carbocycles.